The number of rotatable bonds is 10. The van der Waals surface area contributed by atoms with Gasteiger partial charge < -0.3 is 30.3 Å². The number of phenolic OH excluding ortho intramolecular Hbond substituents is 1. The van der Waals surface area contributed by atoms with Gasteiger partial charge in [-0.05, 0) is 55.3 Å². The zero-order valence-electron chi connectivity index (χ0n) is 17.3. The number of phenols is 1. The molecule has 1 amide bonds. The molecule has 0 aliphatic carbocycles. The number of carboxylic acids is 1. The van der Waals surface area contributed by atoms with E-state index in [1.54, 1.807) is 44.4 Å². The molecule has 0 bridgehead atoms. The van der Waals surface area contributed by atoms with Gasteiger partial charge in [0.25, 0.3) is 5.91 Å². The fraction of sp³-hybridized carbons (Fsp3) is 0.364. The van der Waals surface area contributed by atoms with Gasteiger partial charge in [0.2, 0.25) is 0 Å². The van der Waals surface area contributed by atoms with E-state index in [2.05, 4.69) is 5.32 Å². The number of carboxylic acid groups (broad SMARTS) is 1. The number of benzene rings is 2. The van der Waals surface area contributed by atoms with Gasteiger partial charge in [-0.15, -0.1) is 0 Å². The predicted molar refractivity (Wildman–Crippen MR) is 112 cm³/mol. The number of nitrogens with zero attached hydrogens (tertiary/aromatic N) is 1. The van der Waals surface area contributed by atoms with Crippen LogP contribution in [0.5, 0.6) is 11.5 Å². The number of hydrogen-bond donors (Lipinski definition) is 4. The van der Waals surface area contributed by atoms with Gasteiger partial charge in [-0.2, -0.15) is 0 Å². The summed E-state index contributed by atoms with van der Waals surface area (Å²) >= 11 is 0. The van der Waals surface area contributed by atoms with Crippen LogP contribution in [0.3, 0.4) is 0 Å². The molecule has 162 valence electrons. The summed E-state index contributed by atoms with van der Waals surface area (Å²) in [6.45, 7) is 1.89. The van der Waals surface area contributed by atoms with Crippen LogP contribution in [0.2, 0.25) is 0 Å². The number of aliphatic carboxylic acids is 1. The van der Waals surface area contributed by atoms with Crippen LogP contribution in [0.4, 0.5) is 0 Å². The van der Waals surface area contributed by atoms with Gasteiger partial charge in [0.15, 0.2) is 6.61 Å². The molecule has 0 unspecified atom stereocenters. The lowest BCUT2D eigenvalue weighted by Crippen LogP contribution is -2.33. The predicted octanol–water partition coefficient (Wildman–Crippen LogP) is 1.81. The number of carbonyl (C=O) groups is 2. The van der Waals surface area contributed by atoms with Crippen LogP contribution in [-0.4, -0.2) is 65.4 Å². The van der Waals surface area contributed by atoms with Crippen molar-refractivity contribution in [2.24, 2.45) is 0 Å². The summed E-state index contributed by atoms with van der Waals surface area (Å²) < 4.78 is 5.24. The van der Waals surface area contributed by atoms with Gasteiger partial charge in [-0.25, -0.2) is 4.79 Å². The van der Waals surface area contributed by atoms with Crippen molar-refractivity contribution in [2.75, 3.05) is 27.2 Å². The van der Waals surface area contributed by atoms with Crippen molar-refractivity contribution < 1.29 is 29.6 Å². The van der Waals surface area contributed by atoms with E-state index >= 15 is 0 Å². The Labute approximate surface area is 175 Å². The minimum Gasteiger partial charge on any atom is -0.508 e. The average Bonchev–Trinajstić information content (AvgIpc) is 2.71. The number of hydrogen-bond acceptors (Lipinski definition) is 6. The average molecular weight is 416 g/mol. The zero-order chi connectivity index (χ0) is 22.3. The van der Waals surface area contributed by atoms with Gasteiger partial charge in [0.05, 0.1) is 11.7 Å². The molecule has 0 heterocycles. The van der Waals surface area contributed by atoms with Crippen LogP contribution in [-0.2, 0) is 11.2 Å². The first-order chi connectivity index (χ1) is 14.2. The van der Waals surface area contributed by atoms with Gasteiger partial charge in [-0.3, -0.25) is 4.79 Å². The van der Waals surface area contributed by atoms with E-state index in [0.29, 0.717) is 24.1 Å². The summed E-state index contributed by atoms with van der Waals surface area (Å²) in [6, 6.07) is 11.3. The first-order valence-electron chi connectivity index (χ1n) is 9.58. The molecule has 0 aromatic heterocycles. The van der Waals surface area contributed by atoms with Crippen LogP contribution in [0.25, 0.3) is 0 Å². The Bertz CT molecular complexity index is 866. The highest BCUT2D eigenvalue weighted by atomic mass is 16.5. The normalized spacial score (nSPS) is 12.8. The molecule has 4 N–H and O–H groups in total. The fourth-order valence-corrected chi connectivity index (χ4v) is 2.92. The van der Waals surface area contributed by atoms with E-state index in [9.17, 15) is 19.8 Å². The van der Waals surface area contributed by atoms with Crippen molar-refractivity contribution in [3.05, 3.63) is 59.2 Å². The van der Waals surface area contributed by atoms with Gasteiger partial charge >= 0.3 is 5.97 Å². The van der Waals surface area contributed by atoms with Gasteiger partial charge in [0.1, 0.15) is 11.5 Å². The molecule has 0 spiro atoms. The maximum Gasteiger partial charge on any atom is 0.341 e. The molecule has 2 rings (SSSR count). The highest BCUT2D eigenvalue weighted by Crippen LogP contribution is 2.23. The van der Waals surface area contributed by atoms with Crippen LogP contribution < -0.4 is 10.1 Å². The fourth-order valence-electron chi connectivity index (χ4n) is 2.92. The Balaban J connectivity index is 2.01. The van der Waals surface area contributed by atoms with Crippen LogP contribution in [0, 0.1) is 0 Å². The Hall–Kier alpha value is -3.10. The van der Waals surface area contributed by atoms with Crippen LogP contribution >= 0.6 is 0 Å². The van der Waals surface area contributed by atoms with E-state index in [4.69, 9.17) is 9.84 Å². The lowest BCUT2D eigenvalue weighted by Gasteiger charge is -2.21. The molecule has 8 heteroatoms. The van der Waals surface area contributed by atoms with Crippen molar-refractivity contribution >= 4 is 11.9 Å². The standard InChI is InChI=1S/C22H28N2O6/c1-14(21(28)16-5-7-17(25)8-6-16)23-11-10-15-4-9-19(30-13-20(26)27)18(12-15)22(29)24(2)3/h4-9,12,14,21,23,25,28H,10-11,13H2,1-3H3,(H,26,27)/t14-,21+/m0/s1. The number of nitrogens with one attached hydrogen (secondary N) is 1. The van der Waals surface area contributed by atoms with Crippen molar-refractivity contribution in [3.8, 4) is 11.5 Å². The summed E-state index contributed by atoms with van der Waals surface area (Å²) in [5.41, 5.74) is 1.88. The molecule has 2 aromatic carbocycles. The van der Waals surface area contributed by atoms with E-state index in [0.717, 1.165) is 5.56 Å². The van der Waals surface area contributed by atoms with Gasteiger partial charge in [-0.1, -0.05) is 18.2 Å². The third-order valence-electron chi connectivity index (χ3n) is 4.62. The number of aliphatic hydroxyl groups excluding tert-OH is 1. The highest BCUT2D eigenvalue weighted by Gasteiger charge is 2.18. The number of carbonyl (C=O) groups excluding carboxylic acids is 1. The number of aromatic hydroxyl groups is 1. The molecule has 0 saturated heterocycles. The van der Waals surface area contributed by atoms with E-state index in [-0.39, 0.29) is 23.4 Å². The molecule has 2 aromatic rings. The van der Waals surface area contributed by atoms with E-state index < -0.39 is 18.7 Å². The van der Waals surface area contributed by atoms with Gasteiger partial charge in [0, 0.05) is 20.1 Å². The highest BCUT2D eigenvalue weighted by molar-refractivity contribution is 5.97. The number of aliphatic hydroxyl groups is 1. The Kier molecular flexibility index (Phi) is 8.20. The van der Waals surface area contributed by atoms with Crippen molar-refractivity contribution in [2.45, 2.75) is 25.5 Å². The second-order valence-corrected chi connectivity index (χ2v) is 7.24. The SMILES string of the molecule is C[C@H](NCCc1ccc(OCC(=O)O)c(C(=O)N(C)C)c1)[C@@H](O)c1ccc(O)cc1. The topological polar surface area (TPSA) is 119 Å². The second-order valence-electron chi connectivity index (χ2n) is 7.24. The smallest absolute Gasteiger partial charge is 0.341 e. The summed E-state index contributed by atoms with van der Waals surface area (Å²) in [6.07, 6.45) is -0.136. The first-order valence-corrected chi connectivity index (χ1v) is 9.58. The first kappa shape index (κ1) is 23.2. The monoisotopic (exact) mass is 416 g/mol. The number of ether oxygens (including phenoxy) is 1. The van der Waals surface area contributed by atoms with E-state index in [1.165, 1.54) is 17.0 Å². The molecule has 0 aliphatic rings. The largest absolute Gasteiger partial charge is 0.508 e. The molecule has 0 radical (unpaired) electrons. The van der Waals surface area contributed by atoms with Crippen molar-refractivity contribution in [1.29, 1.82) is 0 Å². The van der Waals surface area contributed by atoms with E-state index in [1.807, 2.05) is 6.92 Å². The summed E-state index contributed by atoms with van der Waals surface area (Å²) in [7, 11) is 3.23. The lowest BCUT2D eigenvalue weighted by molar-refractivity contribution is -0.139. The minimum atomic E-state index is -1.12. The summed E-state index contributed by atoms with van der Waals surface area (Å²) in [4.78, 5) is 24.6. The minimum absolute atomic E-state index is 0.144. The van der Waals surface area contributed by atoms with Crippen molar-refractivity contribution in [3.63, 3.8) is 0 Å². The molecule has 30 heavy (non-hydrogen) atoms. The molecule has 2 atom stereocenters. The molecular formula is C22H28N2O6. The quantitative estimate of drug-likeness (QED) is 0.466. The molecule has 8 nitrogen and oxygen atoms in total. The second kappa shape index (κ2) is 10.6. The molecule has 0 aliphatic heterocycles. The third kappa shape index (κ3) is 6.47. The summed E-state index contributed by atoms with van der Waals surface area (Å²) in [5.74, 6) is -1.02. The van der Waals surface area contributed by atoms with Crippen LogP contribution in [0.1, 0.15) is 34.5 Å². The van der Waals surface area contributed by atoms with Crippen LogP contribution in [0.15, 0.2) is 42.5 Å². The lowest BCUT2D eigenvalue weighted by atomic mass is 10.0. The molecule has 0 fully saturated rings. The zero-order valence-corrected chi connectivity index (χ0v) is 17.3. The molecule has 0 saturated carbocycles. The maximum atomic E-state index is 12.4. The summed E-state index contributed by atoms with van der Waals surface area (Å²) in [5, 5.41) is 31.9. The number of amides is 1. The Morgan fingerprint density at radius 3 is 2.40 bits per heavy atom. The van der Waals surface area contributed by atoms with Crippen molar-refractivity contribution in [1.82, 2.24) is 10.2 Å². The Morgan fingerprint density at radius 1 is 1.13 bits per heavy atom. The maximum absolute atomic E-state index is 12.4. The molecular weight excluding hydrogens is 388 g/mol. The third-order valence-corrected chi connectivity index (χ3v) is 4.62. The Morgan fingerprint density at radius 2 is 1.80 bits per heavy atom.